The Morgan fingerprint density at radius 3 is 0.798 bits per heavy atom. The van der Waals surface area contributed by atoms with Crippen LogP contribution in [0.1, 0.15) is 305 Å². The van der Waals surface area contributed by atoms with Gasteiger partial charge in [0.05, 0.1) is 9.75 Å². The highest BCUT2D eigenvalue weighted by Gasteiger charge is 2.41. The van der Waals surface area contributed by atoms with Crippen molar-refractivity contribution in [2.24, 2.45) is 0 Å². The number of hydrogen-bond donors (Lipinski definition) is 2. The molecule has 2 N–H and O–H groups in total. The highest BCUT2D eigenvalue weighted by atomic mass is 32.1. The topological polar surface area (TPSA) is 40.5 Å². The van der Waals surface area contributed by atoms with Crippen molar-refractivity contribution in [1.82, 2.24) is 0 Å². The summed E-state index contributed by atoms with van der Waals surface area (Å²) in [6.45, 7) is 18.3. The van der Waals surface area contributed by atoms with E-state index >= 15 is 0 Å². The van der Waals surface area contributed by atoms with E-state index in [1.54, 1.807) is 22.7 Å². The Kier molecular flexibility index (Phi) is 29.3. The number of benzene rings is 4. The second kappa shape index (κ2) is 36.9. The highest BCUT2D eigenvalue weighted by Crippen LogP contribution is 2.52. The SMILES string of the molecule is CCCCCCc1cc(C)cc(C(O)(c2cc(CCCCCC)cc(CCCCCC)c2)c2sccc2-c2cc3sc(-c4ccsc4C(O)(c4cc(CCCCCC)cc(CCCCCC)c4)c4cc(CCCCCC)cc(CCCCCC)c4)cc3s2)c1. The Morgan fingerprint density at radius 1 is 0.292 bits per heavy atom. The zero-order chi connectivity index (χ0) is 62.9. The number of thiophene rings is 4. The zero-order valence-corrected chi connectivity index (χ0v) is 59.9. The van der Waals surface area contributed by atoms with Crippen molar-refractivity contribution < 1.29 is 10.2 Å². The molecule has 0 aliphatic rings. The van der Waals surface area contributed by atoms with Gasteiger partial charge in [-0.15, -0.1) is 45.3 Å². The molecule has 0 fully saturated rings. The van der Waals surface area contributed by atoms with Crippen molar-refractivity contribution in [3.8, 4) is 20.9 Å². The third-order valence-corrected chi connectivity index (χ3v) is 23.3. The van der Waals surface area contributed by atoms with Crippen molar-refractivity contribution in [2.45, 2.75) is 291 Å². The summed E-state index contributed by atoms with van der Waals surface area (Å²) >= 11 is 7.17. The van der Waals surface area contributed by atoms with E-state index in [9.17, 15) is 10.2 Å². The third kappa shape index (κ3) is 19.5. The molecule has 6 heteroatoms. The Morgan fingerprint density at radius 2 is 0.539 bits per heavy atom. The van der Waals surface area contributed by atoms with E-state index < -0.39 is 11.2 Å². The molecule has 0 saturated carbocycles. The lowest BCUT2D eigenvalue weighted by atomic mass is 9.79. The summed E-state index contributed by atoms with van der Waals surface area (Å²) in [5, 5.41) is 33.3. The van der Waals surface area contributed by atoms with Gasteiger partial charge in [-0.2, -0.15) is 0 Å². The van der Waals surface area contributed by atoms with Gasteiger partial charge in [0.25, 0.3) is 0 Å². The summed E-state index contributed by atoms with van der Waals surface area (Å²) < 4.78 is 2.50. The molecule has 0 aliphatic heterocycles. The van der Waals surface area contributed by atoms with Crippen molar-refractivity contribution in [2.75, 3.05) is 0 Å². The van der Waals surface area contributed by atoms with Crippen LogP contribution in [0.2, 0.25) is 0 Å². The van der Waals surface area contributed by atoms with E-state index in [4.69, 9.17) is 0 Å². The predicted molar refractivity (Wildman–Crippen MR) is 396 cm³/mol. The molecule has 0 aliphatic carbocycles. The monoisotopic (exact) mass is 1270 g/mol. The van der Waals surface area contributed by atoms with Crippen LogP contribution in [0.5, 0.6) is 0 Å². The van der Waals surface area contributed by atoms with Crippen molar-refractivity contribution >= 4 is 54.7 Å². The number of aryl methyl sites for hydroxylation is 8. The maximum Gasteiger partial charge on any atom is 0.150 e. The molecule has 1 unspecified atom stereocenters. The van der Waals surface area contributed by atoms with Crippen LogP contribution in [0.4, 0.5) is 0 Å². The van der Waals surface area contributed by atoms with Crippen LogP contribution in [-0.2, 0) is 56.1 Å². The molecule has 89 heavy (non-hydrogen) atoms. The fourth-order valence-corrected chi connectivity index (χ4v) is 18.5. The molecular formula is C83H114O2S4. The maximum atomic E-state index is 14.5. The molecule has 8 rings (SSSR count). The summed E-state index contributed by atoms with van der Waals surface area (Å²) in [6.07, 6.45) is 41.4. The van der Waals surface area contributed by atoms with E-state index in [2.05, 4.69) is 163 Å². The summed E-state index contributed by atoms with van der Waals surface area (Å²) in [7, 11) is 0. The highest BCUT2D eigenvalue weighted by molar-refractivity contribution is 7.31. The van der Waals surface area contributed by atoms with Crippen LogP contribution in [-0.4, -0.2) is 10.2 Å². The second-order valence-electron chi connectivity index (χ2n) is 26.7. The van der Waals surface area contributed by atoms with Gasteiger partial charge < -0.3 is 10.2 Å². The van der Waals surface area contributed by atoms with Gasteiger partial charge in [0, 0.05) is 30.3 Å². The molecule has 4 heterocycles. The molecule has 0 saturated heterocycles. The molecule has 0 amide bonds. The van der Waals surface area contributed by atoms with Crippen LogP contribution in [0.3, 0.4) is 0 Å². The van der Waals surface area contributed by atoms with E-state index in [1.807, 2.05) is 22.7 Å². The fraction of sp³-hybridized carbons (Fsp3) is 0.542. The van der Waals surface area contributed by atoms with Crippen LogP contribution in [0.25, 0.3) is 30.3 Å². The van der Waals surface area contributed by atoms with Gasteiger partial charge in [-0.25, -0.2) is 0 Å². The molecule has 0 spiro atoms. The third-order valence-electron chi connectivity index (χ3n) is 18.9. The minimum absolute atomic E-state index is 0.987. The molecule has 0 bridgehead atoms. The smallest absolute Gasteiger partial charge is 0.150 e. The quantitative estimate of drug-likeness (QED) is 0.0374. The number of fused-ring (bicyclic) bond motifs is 1. The lowest BCUT2D eigenvalue weighted by Gasteiger charge is -2.32. The Bertz CT molecular complexity index is 3150. The van der Waals surface area contributed by atoms with Crippen LogP contribution in [0, 0.1) is 6.92 Å². The second-order valence-corrected chi connectivity index (χ2v) is 30.7. The lowest BCUT2D eigenvalue weighted by molar-refractivity contribution is 0.129. The summed E-state index contributed by atoms with van der Waals surface area (Å²) in [4.78, 5) is 4.43. The molecule has 8 aromatic rings. The van der Waals surface area contributed by atoms with E-state index in [1.165, 1.54) is 237 Å². The first kappa shape index (κ1) is 70.7. The summed E-state index contributed by atoms with van der Waals surface area (Å²) in [6, 6.07) is 38.2. The molecule has 0 radical (unpaired) electrons. The number of aliphatic hydroxyl groups is 2. The summed E-state index contributed by atoms with van der Waals surface area (Å²) in [5.41, 5.74) is 14.3. The molecule has 482 valence electrons. The standard InChI is InChI=1S/C83H114O2S4/c1-9-16-23-30-37-63-48-62(8)49-70(53-63)82(84,71-54-64(38-31-24-17-10-2)50-65(55-71)39-32-25-18-11-3)80-74(44-46-86-80)76-60-78-79(88-76)61-77(89-78)75-45-47-87-81(75)83(85,72-56-66(40-33-26-19-12-4)51-67(57-72)41-34-27-20-13-5)73-58-68(42-35-28-21-14-6)52-69(59-73)43-36-29-22-15-7/h44-61,84-85H,9-43H2,1-8H3. The van der Waals surface area contributed by atoms with Gasteiger partial charge in [0.1, 0.15) is 11.2 Å². The molecule has 4 aromatic heterocycles. The number of unbranched alkanes of at least 4 members (excludes halogenated alkanes) is 21. The van der Waals surface area contributed by atoms with Gasteiger partial charge in [-0.3, -0.25) is 0 Å². The van der Waals surface area contributed by atoms with Crippen LogP contribution >= 0.6 is 45.3 Å². The average molecular weight is 1270 g/mol. The first-order chi connectivity index (χ1) is 43.5. The van der Waals surface area contributed by atoms with Crippen molar-refractivity contribution in [1.29, 1.82) is 0 Å². The minimum Gasteiger partial charge on any atom is -0.375 e. The first-order valence-corrected chi connectivity index (χ1v) is 39.5. The number of hydrogen-bond acceptors (Lipinski definition) is 6. The van der Waals surface area contributed by atoms with Gasteiger partial charge in [-0.1, -0.05) is 262 Å². The first-order valence-electron chi connectivity index (χ1n) is 36.1. The van der Waals surface area contributed by atoms with Crippen molar-refractivity contribution in [3.05, 3.63) is 184 Å². The van der Waals surface area contributed by atoms with Crippen molar-refractivity contribution in [3.63, 3.8) is 0 Å². The predicted octanol–water partition coefficient (Wildman–Crippen LogP) is 26.2. The fourth-order valence-electron chi connectivity index (χ4n) is 13.8. The average Bonchev–Trinajstić information content (AvgIpc) is 1.78. The Balaban J connectivity index is 1.25. The van der Waals surface area contributed by atoms with Gasteiger partial charge in [0.15, 0.2) is 0 Å². The largest absolute Gasteiger partial charge is 0.375 e. The van der Waals surface area contributed by atoms with Gasteiger partial charge >= 0.3 is 0 Å². The Labute approximate surface area is 557 Å². The van der Waals surface area contributed by atoms with E-state index in [0.717, 1.165) is 94.5 Å². The maximum absolute atomic E-state index is 14.5. The summed E-state index contributed by atoms with van der Waals surface area (Å²) in [5.74, 6) is 0. The molecule has 2 nitrogen and oxygen atoms in total. The normalized spacial score (nSPS) is 12.7. The zero-order valence-electron chi connectivity index (χ0n) is 56.7. The van der Waals surface area contributed by atoms with Gasteiger partial charge in [0.2, 0.25) is 0 Å². The number of rotatable bonds is 43. The van der Waals surface area contributed by atoms with Crippen LogP contribution in [0.15, 0.2) is 108 Å². The molecule has 4 aromatic carbocycles. The van der Waals surface area contributed by atoms with E-state index in [0.29, 0.717) is 0 Å². The molecular weight excluding hydrogens is 1160 g/mol. The van der Waals surface area contributed by atoms with Gasteiger partial charge in [-0.05, 0) is 193 Å². The van der Waals surface area contributed by atoms with E-state index in [-0.39, 0.29) is 0 Å². The van der Waals surface area contributed by atoms with Crippen LogP contribution < -0.4 is 0 Å². The lowest BCUT2D eigenvalue weighted by Crippen LogP contribution is -2.29. The Hall–Kier alpha value is -4.14. The molecule has 1 atom stereocenters. The minimum atomic E-state index is -1.36.